The molecule has 7 heteroatoms. The van der Waals surface area contributed by atoms with E-state index in [1.807, 2.05) is 65.4 Å². The monoisotopic (exact) mass is 450 g/mol. The lowest BCUT2D eigenvalue weighted by Crippen LogP contribution is -2.27. The van der Waals surface area contributed by atoms with Crippen molar-refractivity contribution in [3.63, 3.8) is 0 Å². The van der Waals surface area contributed by atoms with Crippen LogP contribution in [0.15, 0.2) is 96.2 Å². The second-order valence-electron chi connectivity index (χ2n) is 9.31. The van der Waals surface area contributed by atoms with Crippen LogP contribution in [0.3, 0.4) is 0 Å². The van der Waals surface area contributed by atoms with Gasteiger partial charge in [0, 0.05) is 22.9 Å². The van der Waals surface area contributed by atoms with Crippen LogP contribution in [0.25, 0.3) is 22.5 Å². The van der Waals surface area contributed by atoms with Gasteiger partial charge in [-0.3, -0.25) is 9.13 Å². The van der Waals surface area contributed by atoms with Crippen LogP contribution in [0, 0.1) is 0 Å². The van der Waals surface area contributed by atoms with Crippen LogP contribution in [0.2, 0.25) is 0 Å². The van der Waals surface area contributed by atoms with Crippen LogP contribution in [-0.4, -0.2) is 29.3 Å². The molecule has 0 bridgehead atoms. The van der Waals surface area contributed by atoms with Crippen LogP contribution in [0.4, 0.5) is 0 Å². The zero-order valence-electron chi connectivity index (χ0n) is 19.5. The van der Waals surface area contributed by atoms with Crippen molar-refractivity contribution in [3.05, 3.63) is 113 Å². The van der Waals surface area contributed by atoms with Gasteiger partial charge in [0.15, 0.2) is 0 Å². The Bertz CT molecular complexity index is 1460. The van der Waals surface area contributed by atoms with E-state index in [0.29, 0.717) is 6.54 Å². The molecule has 0 fully saturated rings. The van der Waals surface area contributed by atoms with E-state index in [2.05, 4.69) is 60.6 Å². The zero-order chi connectivity index (χ0) is 23.7. The smallest absolute Gasteiger partial charge is 0.291 e. The summed E-state index contributed by atoms with van der Waals surface area (Å²) >= 11 is 0. The maximum atomic E-state index is 13.4. The summed E-state index contributed by atoms with van der Waals surface area (Å²) in [4.78, 5) is 13.4. The number of benzene rings is 3. The molecule has 170 valence electrons. The molecule has 0 spiro atoms. The minimum absolute atomic E-state index is 0.0378. The molecule has 0 radical (unpaired) electrons. The van der Waals surface area contributed by atoms with Crippen molar-refractivity contribution in [3.8, 4) is 22.5 Å². The number of nitrogens with zero attached hydrogens (tertiary/aromatic N) is 6. The average molecular weight is 451 g/mol. The van der Waals surface area contributed by atoms with E-state index in [-0.39, 0.29) is 11.1 Å². The van der Waals surface area contributed by atoms with Gasteiger partial charge in [0.25, 0.3) is 0 Å². The molecular weight excluding hydrogens is 424 g/mol. The minimum atomic E-state index is -0.177. The van der Waals surface area contributed by atoms with Gasteiger partial charge in [-0.05, 0) is 39.8 Å². The highest BCUT2D eigenvalue weighted by atomic mass is 16.1. The van der Waals surface area contributed by atoms with Crippen molar-refractivity contribution < 1.29 is 0 Å². The van der Waals surface area contributed by atoms with E-state index >= 15 is 0 Å². The van der Waals surface area contributed by atoms with Crippen LogP contribution < -0.4 is 5.69 Å². The molecule has 2 heterocycles. The molecule has 34 heavy (non-hydrogen) atoms. The Balaban J connectivity index is 1.50. The fraction of sp³-hybridized carbons (Fsp3) is 0.185. The van der Waals surface area contributed by atoms with Crippen LogP contribution >= 0.6 is 0 Å². The van der Waals surface area contributed by atoms with Gasteiger partial charge < -0.3 is 0 Å². The van der Waals surface area contributed by atoms with E-state index in [4.69, 9.17) is 0 Å². The summed E-state index contributed by atoms with van der Waals surface area (Å²) in [7, 11) is 0. The Labute approximate surface area is 197 Å². The molecule has 0 aliphatic carbocycles. The van der Waals surface area contributed by atoms with Crippen molar-refractivity contribution in [1.29, 1.82) is 0 Å². The summed E-state index contributed by atoms with van der Waals surface area (Å²) in [6.07, 6.45) is 3.56. The van der Waals surface area contributed by atoms with Crippen molar-refractivity contribution in [2.24, 2.45) is 0 Å². The summed E-state index contributed by atoms with van der Waals surface area (Å²) in [6, 6.07) is 26.1. The number of rotatable bonds is 5. The van der Waals surface area contributed by atoms with E-state index in [1.54, 1.807) is 15.6 Å². The molecule has 0 aliphatic rings. The molecule has 5 rings (SSSR count). The number of tetrazole rings is 1. The van der Waals surface area contributed by atoms with Crippen molar-refractivity contribution in [1.82, 2.24) is 29.3 Å². The van der Waals surface area contributed by atoms with Gasteiger partial charge in [-0.15, -0.1) is 5.10 Å². The highest BCUT2D eigenvalue weighted by Crippen LogP contribution is 2.27. The van der Waals surface area contributed by atoms with Crippen molar-refractivity contribution in [2.45, 2.75) is 32.7 Å². The van der Waals surface area contributed by atoms with Crippen LogP contribution in [0.5, 0.6) is 0 Å². The molecule has 0 saturated heterocycles. The SMILES string of the molecule is CC(C)(C)c1cn(-c2ccccc2)c(=O)n1Cc1ccc(-c2ccccc2-n2cnnn2)cc1. The number of hydrogen-bond acceptors (Lipinski definition) is 4. The predicted molar refractivity (Wildman–Crippen MR) is 132 cm³/mol. The Kier molecular flexibility index (Phi) is 5.45. The number of hydrogen-bond donors (Lipinski definition) is 0. The summed E-state index contributed by atoms with van der Waals surface area (Å²) in [5.74, 6) is 0. The second kappa shape index (κ2) is 8.59. The molecular formula is C27H26N6O. The topological polar surface area (TPSA) is 70.5 Å². The van der Waals surface area contributed by atoms with Gasteiger partial charge in [0.1, 0.15) is 6.33 Å². The molecule has 0 atom stereocenters. The molecule has 7 nitrogen and oxygen atoms in total. The molecule has 5 aromatic rings. The fourth-order valence-electron chi connectivity index (χ4n) is 4.17. The third-order valence-electron chi connectivity index (χ3n) is 5.89. The van der Waals surface area contributed by atoms with E-state index in [0.717, 1.165) is 33.8 Å². The first-order chi connectivity index (χ1) is 16.4. The number of para-hydroxylation sites is 2. The number of imidazole rings is 1. The first-order valence-electron chi connectivity index (χ1n) is 11.2. The molecule has 2 aromatic heterocycles. The molecule has 0 amide bonds. The van der Waals surface area contributed by atoms with Gasteiger partial charge in [0.05, 0.1) is 17.9 Å². The Morgan fingerprint density at radius 1 is 0.853 bits per heavy atom. The Morgan fingerprint density at radius 2 is 1.56 bits per heavy atom. The lowest BCUT2D eigenvalue weighted by atomic mass is 9.92. The fourth-order valence-corrected chi connectivity index (χ4v) is 4.17. The van der Waals surface area contributed by atoms with E-state index in [9.17, 15) is 4.79 Å². The quantitative estimate of drug-likeness (QED) is 0.392. The summed E-state index contributed by atoms with van der Waals surface area (Å²) in [5, 5.41) is 11.5. The highest BCUT2D eigenvalue weighted by molar-refractivity contribution is 5.72. The zero-order valence-corrected chi connectivity index (χ0v) is 19.5. The Morgan fingerprint density at radius 3 is 2.24 bits per heavy atom. The first-order valence-corrected chi connectivity index (χ1v) is 11.2. The average Bonchev–Trinajstić information content (AvgIpc) is 3.49. The van der Waals surface area contributed by atoms with Crippen LogP contribution in [-0.2, 0) is 12.0 Å². The Hall–Kier alpha value is -4.26. The summed E-state index contributed by atoms with van der Waals surface area (Å²) < 4.78 is 5.26. The van der Waals surface area contributed by atoms with Gasteiger partial charge in [-0.25, -0.2) is 4.79 Å². The van der Waals surface area contributed by atoms with Gasteiger partial charge in [-0.1, -0.05) is 81.4 Å². The number of aromatic nitrogens is 6. The minimum Gasteiger partial charge on any atom is -0.291 e. The van der Waals surface area contributed by atoms with Gasteiger partial charge >= 0.3 is 5.69 Å². The van der Waals surface area contributed by atoms with E-state index in [1.165, 1.54) is 0 Å². The highest BCUT2D eigenvalue weighted by Gasteiger charge is 2.23. The molecule has 0 unspecified atom stereocenters. The van der Waals surface area contributed by atoms with Crippen molar-refractivity contribution in [2.75, 3.05) is 0 Å². The molecule has 0 N–H and O–H groups in total. The predicted octanol–water partition coefficient (Wildman–Crippen LogP) is 4.63. The van der Waals surface area contributed by atoms with Crippen LogP contribution in [0.1, 0.15) is 32.0 Å². The summed E-state index contributed by atoms with van der Waals surface area (Å²) in [6.45, 7) is 6.89. The maximum Gasteiger partial charge on any atom is 0.333 e. The maximum absolute atomic E-state index is 13.4. The van der Waals surface area contributed by atoms with Gasteiger partial charge in [0.2, 0.25) is 0 Å². The second-order valence-corrected chi connectivity index (χ2v) is 9.31. The lowest BCUT2D eigenvalue weighted by molar-refractivity contribution is 0.526. The molecule has 0 aliphatic heterocycles. The first kappa shape index (κ1) is 21.6. The largest absolute Gasteiger partial charge is 0.333 e. The van der Waals surface area contributed by atoms with Crippen molar-refractivity contribution >= 4 is 0 Å². The normalized spacial score (nSPS) is 11.6. The standard InChI is InChI=1S/C27H26N6O/c1-27(2,3)25-18-31(22-9-5-4-6-10-22)26(34)32(25)17-20-13-15-21(16-14-20)23-11-7-8-12-24(23)33-19-28-29-30-33/h4-16,18-19H,17H2,1-3H3. The third kappa shape index (κ3) is 4.08. The molecule has 3 aromatic carbocycles. The third-order valence-corrected chi connectivity index (χ3v) is 5.89. The molecule has 0 saturated carbocycles. The van der Waals surface area contributed by atoms with E-state index < -0.39 is 0 Å². The van der Waals surface area contributed by atoms with Gasteiger partial charge in [-0.2, -0.15) is 4.68 Å². The summed E-state index contributed by atoms with van der Waals surface area (Å²) in [5.41, 5.74) is 5.70. The lowest BCUT2D eigenvalue weighted by Gasteiger charge is -2.20.